The predicted molar refractivity (Wildman–Crippen MR) is 131 cm³/mol. The molecule has 1 saturated carbocycles. The van der Waals surface area contributed by atoms with Crippen LogP contribution in [0, 0.1) is 11.3 Å². The molecule has 0 aromatic heterocycles. The molecule has 2 aromatic rings. The second-order valence-electron chi connectivity index (χ2n) is 10.9. The molecule has 2 aromatic carbocycles. The number of aliphatic carboxylic acids is 1. The zero-order valence-electron chi connectivity index (χ0n) is 20.3. The lowest BCUT2D eigenvalue weighted by atomic mass is 9.63. The van der Waals surface area contributed by atoms with Gasteiger partial charge in [0.25, 0.3) is 0 Å². The second-order valence-corrected chi connectivity index (χ2v) is 10.9. The van der Waals surface area contributed by atoms with Gasteiger partial charge in [-0.3, -0.25) is 9.59 Å². The number of ether oxygens (including phenoxy) is 1. The number of rotatable bonds is 6. The Labute approximate surface area is 205 Å². The molecule has 1 unspecified atom stereocenters. The minimum Gasteiger partial charge on any atom is -0.481 e. The van der Waals surface area contributed by atoms with Gasteiger partial charge < -0.3 is 20.1 Å². The number of carbonyl (C=O) groups excluding carboxylic acids is 2. The maximum atomic E-state index is 13.0. The van der Waals surface area contributed by atoms with E-state index in [0.717, 1.165) is 41.5 Å². The Morgan fingerprint density at radius 3 is 2.17 bits per heavy atom. The van der Waals surface area contributed by atoms with E-state index in [2.05, 4.69) is 29.6 Å². The summed E-state index contributed by atoms with van der Waals surface area (Å²) in [6.07, 6.45) is 2.25. The van der Waals surface area contributed by atoms with Gasteiger partial charge in [0.05, 0.1) is 5.92 Å². The zero-order valence-corrected chi connectivity index (χ0v) is 20.3. The number of alkyl carbamates (subject to hydrolysis) is 1. The number of carboxylic acids is 1. The van der Waals surface area contributed by atoms with E-state index in [-0.39, 0.29) is 36.8 Å². The van der Waals surface area contributed by atoms with Gasteiger partial charge in [0.2, 0.25) is 5.91 Å². The summed E-state index contributed by atoms with van der Waals surface area (Å²) in [4.78, 5) is 39.1. The molecule has 2 fully saturated rings. The van der Waals surface area contributed by atoms with Crippen molar-refractivity contribution in [2.75, 3.05) is 19.7 Å². The predicted octanol–water partition coefficient (Wildman–Crippen LogP) is 4.41. The normalized spacial score (nSPS) is 20.2. The van der Waals surface area contributed by atoms with Gasteiger partial charge in [0.1, 0.15) is 6.61 Å². The standard InChI is InChI=1S/C28H32N2O5/c1-27(2,14-24(31)30-15-23(25(32)33)28(17-30)12-7-13-28)29-26(34)35-16-22-20-10-5-3-8-18(20)19-9-4-6-11-21(19)22/h3-6,8-11,22-23H,7,12-17H2,1-2H3,(H,29,34)(H,32,33). The summed E-state index contributed by atoms with van der Waals surface area (Å²) in [5, 5.41) is 12.5. The van der Waals surface area contributed by atoms with Crippen molar-refractivity contribution in [3.63, 3.8) is 0 Å². The van der Waals surface area contributed by atoms with Crippen LogP contribution in [-0.2, 0) is 14.3 Å². The minimum atomic E-state index is -0.826. The lowest BCUT2D eigenvalue weighted by molar-refractivity contribution is -0.146. The Bertz CT molecular complexity index is 1120. The molecule has 5 rings (SSSR count). The number of benzene rings is 2. The Morgan fingerprint density at radius 1 is 1.06 bits per heavy atom. The average Bonchev–Trinajstić information content (AvgIpc) is 3.35. The van der Waals surface area contributed by atoms with Gasteiger partial charge in [0.15, 0.2) is 0 Å². The van der Waals surface area contributed by atoms with Crippen molar-refractivity contribution in [1.82, 2.24) is 10.2 Å². The van der Waals surface area contributed by atoms with Gasteiger partial charge in [-0.2, -0.15) is 0 Å². The highest BCUT2D eigenvalue weighted by Gasteiger charge is 2.54. The average molecular weight is 477 g/mol. The van der Waals surface area contributed by atoms with E-state index in [0.29, 0.717) is 6.54 Å². The Hall–Kier alpha value is -3.35. The van der Waals surface area contributed by atoms with Crippen molar-refractivity contribution >= 4 is 18.0 Å². The number of nitrogens with zero attached hydrogens (tertiary/aromatic N) is 1. The second kappa shape index (κ2) is 8.70. The molecule has 1 heterocycles. The van der Waals surface area contributed by atoms with Crippen LogP contribution in [0.15, 0.2) is 48.5 Å². The van der Waals surface area contributed by atoms with E-state index in [1.165, 1.54) is 0 Å². The number of carboxylic acid groups (broad SMARTS) is 1. The van der Waals surface area contributed by atoms with Gasteiger partial charge in [-0.25, -0.2) is 4.79 Å². The van der Waals surface area contributed by atoms with Crippen molar-refractivity contribution in [1.29, 1.82) is 0 Å². The molecule has 2 N–H and O–H groups in total. The highest BCUT2D eigenvalue weighted by Crippen LogP contribution is 2.52. The molecule has 2 amide bonds. The van der Waals surface area contributed by atoms with E-state index in [9.17, 15) is 19.5 Å². The number of hydrogen-bond acceptors (Lipinski definition) is 4. The third-order valence-corrected chi connectivity index (χ3v) is 8.03. The molecule has 1 spiro atoms. The summed E-state index contributed by atoms with van der Waals surface area (Å²) >= 11 is 0. The molecule has 7 nitrogen and oxygen atoms in total. The van der Waals surface area contributed by atoms with Gasteiger partial charge in [-0.1, -0.05) is 55.0 Å². The van der Waals surface area contributed by atoms with Crippen molar-refractivity contribution in [3.8, 4) is 11.1 Å². The topological polar surface area (TPSA) is 95.9 Å². The first-order chi connectivity index (χ1) is 16.7. The van der Waals surface area contributed by atoms with Gasteiger partial charge in [-0.15, -0.1) is 0 Å². The van der Waals surface area contributed by atoms with Crippen molar-refractivity contribution in [2.45, 2.75) is 51.0 Å². The number of hydrogen-bond donors (Lipinski definition) is 2. The van der Waals surface area contributed by atoms with Crippen molar-refractivity contribution < 1.29 is 24.2 Å². The summed E-state index contributed by atoms with van der Waals surface area (Å²) in [6.45, 7) is 4.52. The van der Waals surface area contributed by atoms with Crippen LogP contribution in [0.4, 0.5) is 4.79 Å². The van der Waals surface area contributed by atoms with Crippen LogP contribution >= 0.6 is 0 Å². The lowest BCUT2D eigenvalue weighted by Crippen LogP contribution is -2.48. The number of fused-ring (bicyclic) bond motifs is 3. The summed E-state index contributed by atoms with van der Waals surface area (Å²) in [5.41, 5.74) is 3.51. The molecule has 1 aliphatic heterocycles. The quantitative estimate of drug-likeness (QED) is 0.644. The maximum Gasteiger partial charge on any atom is 0.407 e. The molecule has 0 radical (unpaired) electrons. The molecule has 0 bridgehead atoms. The highest BCUT2D eigenvalue weighted by molar-refractivity contribution is 5.82. The molecule has 7 heteroatoms. The fraction of sp³-hybridized carbons (Fsp3) is 0.464. The summed E-state index contributed by atoms with van der Waals surface area (Å²) in [7, 11) is 0. The van der Waals surface area contributed by atoms with Crippen molar-refractivity contribution in [3.05, 3.63) is 59.7 Å². The van der Waals surface area contributed by atoms with Crippen LogP contribution < -0.4 is 5.32 Å². The van der Waals surface area contributed by atoms with Gasteiger partial charge in [-0.05, 0) is 48.9 Å². The molecule has 1 saturated heterocycles. The van der Waals surface area contributed by atoms with Crippen LogP contribution in [0.5, 0.6) is 0 Å². The van der Waals surface area contributed by atoms with Gasteiger partial charge in [0, 0.05) is 36.4 Å². The third-order valence-electron chi connectivity index (χ3n) is 8.03. The van der Waals surface area contributed by atoms with Gasteiger partial charge >= 0.3 is 12.1 Å². The number of likely N-dealkylation sites (tertiary alicyclic amines) is 1. The molecule has 3 aliphatic rings. The third kappa shape index (κ3) is 4.28. The lowest BCUT2D eigenvalue weighted by Gasteiger charge is -2.41. The number of nitrogens with one attached hydrogen (secondary N) is 1. The Balaban J connectivity index is 1.18. The van der Waals surface area contributed by atoms with Crippen LogP contribution in [-0.4, -0.2) is 53.2 Å². The highest BCUT2D eigenvalue weighted by atomic mass is 16.5. The fourth-order valence-corrected chi connectivity index (χ4v) is 6.08. The largest absolute Gasteiger partial charge is 0.481 e. The zero-order chi connectivity index (χ0) is 24.8. The molecular formula is C28H32N2O5. The van der Waals surface area contributed by atoms with E-state index < -0.39 is 23.5 Å². The van der Waals surface area contributed by atoms with E-state index in [1.807, 2.05) is 24.3 Å². The van der Waals surface area contributed by atoms with E-state index >= 15 is 0 Å². The van der Waals surface area contributed by atoms with E-state index in [4.69, 9.17) is 4.74 Å². The Morgan fingerprint density at radius 2 is 1.66 bits per heavy atom. The SMILES string of the molecule is CC(C)(CC(=O)N1CC(C(=O)O)C2(CCC2)C1)NC(=O)OCC1c2ccccc2-c2ccccc21. The van der Waals surface area contributed by atoms with Crippen LogP contribution in [0.3, 0.4) is 0 Å². The summed E-state index contributed by atoms with van der Waals surface area (Å²) in [6, 6.07) is 16.3. The van der Waals surface area contributed by atoms with Crippen LogP contribution in [0.25, 0.3) is 11.1 Å². The molecule has 35 heavy (non-hydrogen) atoms. The molecule has 184 valence electrons. The molecule has 1 atom stereocenters. The minimum absolute atomic E-state index is 0.0332. The van der Waals surface area contributed by atoms with Crippen molar-refractivity contribution in [2.24, 2.45) is 11.3 Å². The number of amides is 2. The molecular weight excluding hydrogens is 444 g/mol. The smallest absolute Gasteiger partial charge is 0.407 e. The van der Waals surface area contributed by atoms with Crippen LogP contribution in [0.2, 0.25) is 0 Å². The van der Waals surface area contributed by atoms with Crippen LogP contribution in [0.1, 0.15) is 56.6 Å². The van der Waals surface area contributed by atoms with E-state index in [1.54, 1.807) is 18.7 Å². The summed E-state index contributed by atoms with van der Waals surface area (Å²) in [5.74, 6) is -1.49. The summed E-state index contributed by atoms with van der Waals surface area (Å²) < 4.78 is 5.64. The Kier molecular flexibility index (Phi) is 5.82. The molecule has 2 aliphatic carbocycles. The number of carbonyl (C=O) groups is 3. The first kappa shape index (κ1) is 23.4. The maximum absolute atomic E-state index is 13.0. The monoisotopic (exact) mass is 476 g/mol. The fourth-order valence-electron chi connectivity index (χ4n) is 6.08. The first-order valence-electron chi connectivity index (χ1n) is 12.3. The first-order valence-corrected chi connectivity index (χ1v) is 12.3.